The summed E-state index contributed by atoms with van der Waals surface area (Å²) >= 11 is 0. The molecule has 96 valence electrons. The number of hydrogen-bond donors (Lipinski definition) is 3. The number of imide groups is 1. The van der Waals surface area contributed by atoms with E-state index in [0.29, 0.717) is 11.1 Å². The predicted octanol–water partition coefficient (Wildman–Crippen LogP) is 0.407. The van der Waals surface area contributed by atoms with Crippen molar-refractivity contribution in [1.29, 1.82) is 0 Å². The van der Waals surface area contributed by atoms with Crippen molar-refractivity contribution < 1.29 is 23.9 Å². The lowest BCUT2D eigenvalue weighted by Gasteiger charge is -2.00. The number of carboxylic acid groups (broad SMARTS) is 1. The number of nitrogens with one attached hydrogen (secondary N) is 2. The van der Waals surface area contributed by atoms with Crippen LogP contribution in [0.15, 0.2) is 22.6 Å². The summed E-state index contributed by atoms with van der Waals surface area (Å²) in [6, 6.07) is 2.65. The van der Waals surface area contributed by atoms with Gasteiger partial charge in [0.15, 0.2) is 11.6 Å². The van der Waals surface area contributed by atoms with Gasteiger partial charge in [0, 0.05) is 6.07 Å². The molecule has 0 bridgehead atoms. The molecule has 0 radical (unpaired) electrons. The zero-order chi connectivity index (χ0) is 13.6. The minimum atomic E-state index is -1.16. The van der Waals surface area contributed by atoms with Gasteiger partial charge >= 0.3 is 12.0 Å². The van der Waals surface area contributed by atoms with E-state index in [4.69, 9.17) is 9.52 Å². The number of pyridine rings is 1. The van der Waals surface area contributed by atoms with Crippen molar-refractivity contribution in [1.82, 2.24) is 15.6 Å². The molecule has 1 fully saturated rings. The van der Waals surface area contributed by atoms with Gasteiger partial charge in [-0.25, -0.2) is 14.6 Å². The van der Waals surface area contributed by atoms with Crippen LogP contribution in [0.25, 0.3) is 11.1 Å². The third-order valence-electron chi connectivity index (χ3n) is 2.67. The van der Waals surface area contributed by atoms with Gasteiger partial charge in [-0.1, -0.05) is 0 Å². The molecule has 1 saturated heterocycles. The number of carbonyl (C=O) groups is 3. The number of rotatable bonds is 2. The average Bonchev–Trinajstić information content (AvgIpc) is 2.90. The van der Waals surface area contributed by atoms with E-state index >= 15 is 0 Å². The van der Waals surface area contributed by atoms with Crippen LogP contribution in [-0.4, -0.2) is 28.0 Å². The second-order valence-electron chi connectivity index (χ2n) is 3.93. The lowest BCUT2D eigenvalue weighted by Crippen LogP contribution is -2.22. The third kappa shape index (κ3) is 1.79. The van der Waals surface area contributed by atoms with E-state index in [-0.39, 0.29) is 11.5 Å². The van der Waals surface area contributed by atoms with Gasteiger partial charge < -0.3 is 14.8 Å². The molecule has 2 aromatic heterocycles. The van der Waals surface area contributed by atoms with Gasteiger partial charge in [-0.15, -0.1) is 0 Å². The highest BCUT2D eigenvalue weighted by molar-refractivity contribution is 6.04. The number of urea groups is 1. The first-order valence-corrected chi connectivity index (χ1v) is 5.30. The molecule has 0 spiro atoms. The standard InChI is InChI=1S/C11H7N3O5/c15-9-8(13-11(18)14-9)7-3-5-6(19-7)2-1-4(12-5)10(16)17/h1-3,8H,(H,16,17)(H2,13,14,15,18). The fraction of sp³-hybridized carbons (Fsp3) is 0.0909. The van der Waals surface area contributed by atoms with Crippen LogP contribution in [0.2, 0.25) is 0 Å². The Morgan fingerprint density at radius 3 is 2.79 bits per heavy atom. The molecule has 19 heavy (non-hydrogen) atoms. The third-order valence-corrected chi connectivity index (χ3v) is 2.67. The zero-order valence-corrected chi connectivity index (χ0v) is 9.34. The Labute approximate surface area is 105 Å². The Morgan fingerprint density at radius 1 is 1.37 bits per heavy atom. The van der Waals surface area contributed by atoms with Crippen molar-refractivity contribution >= 4 is 29.0 Å². The van der Waals surface area contributed by atoms with Gasteiger partial charge in [0.25, 0.3) is 5.91 Å². The zero-order valence-electron chi connectivity index (χ0n) is 9.34. The SMILES string of the molecule is O=C1NC(=O)C(c2cc3nc(C(=O)O)ccc3o2)N1. The molecule has 8 heteroatoms. The second-order valence-corrected chi connectivity index (χ2v) is 3.93. The summed E-state index contributed by atoms with van der Waals surface area (Å²) in [5.74, 6) is -1.48. The number of nitrogens with zero attached hydrogens (tertiary/aromatic N) is 1. The Balaban J connectivity index is 2.04. The van der Waals surface area contributed by atoms with Crippen molar-refractivity contribution in [3.8, 4) is 0 Å². The van der Waals surface area contributed by atoms with Crippen molar-refractivity contribution in [2.75, 3.05) is 0 Å². The molecule has 1 aliphatic rings. The quantitative estimate of drug-likeness (QED) is 0.673. The first kappa shape index (κ1) is 11.2. The van der Waals surface area contributed by atoms with Crippen LogP contribution < -0.4 is 10.6 Å². The molecule has 8 nitrogen and oxygen atoms in total. The van der Waals surface area contributed by atoms with E-state index < -0.39 is 23.9 Å². The van der Waals surface area contributed by atoms with Crippen LogP contribution in [0, 0.1) is 0 Å². The molecule has 3 amide bonds. The maximum atomic E-state index is 11.5. The molecular formula is C11H7N3O5. The fourth-order valence-corrected chi connectivity index (χ4v) is 1.82. The second kappa shape index (κ2) is 3.80. The van der Waals surface area contributed by atoms with Crippen LogP contribution in [0.4, 0.5) is 4.79 Å². The molecule has 2 aromatic rings. The number of carbonyl (C=O) groups excluding carboxylic acids is 2. The van der Waals surface area contributed by atoms with Crippen molar-refractivity contribution in [3.05, 3.63) is 29.7 Å². The largest absolute Gasteiger partial charge is 0.477 e. The Hall–Kier alpha value is -2.90. The van der Waals surface area contributed by atoms with Crippen LogP contribution in [-0.2, 0) is 4.79 Å². The molecule has 1 atom stereocenters. The van der Waals surface area contributed by atoms with Crippen molar-refractivity contribution in [2.45, 2.75) is 6.04 Å². The highest BCUT2D eigenvalue weighted by atomic mass is 16.4. The highest BCUT2D eigenvalue weighted by Crippen LogP contribution is 2.24. The monoisotopic (exact) mass is 261 g/mol. The molecule has 1 aliphatic heterocycles. The van der Waals surface area contributed by atoms with Gasteiger partial charge in [0.05, 0.1) is 0 Å². The minimum absolute atomic E-state index is 0.125. The molecule has 0 saturated carbocycles. The smallest absolute Gasteiger partial charge is 0.354 e. The first-order valence-electron chi connectivity index (χ1n) is 5.30. The van der Waals surface area contributed by atoms with Gasteiger partial charge in [-0.3, -0.25) is 10.1 Å². The lowest BCUT2D eigenvalue weighted by atomic mass is 10.2. The number of furan rings is 1. The molecule has 0 aromatic carbocycles. The molecular weight excluding hydrogens is 254 g/mol. The maximum Gasteiger partial charge on any atom is 0.354 e. The van der Waals surface area contributed by atoms with Crippen LogP contribution in [0.3, 0.4) is 0 Å². The minimum Gasteiger partial charge on any atom is -0.477 e. The average molecular weight is 261 g/mol. The highest BCUT2D eigenvalue weighted by Gasteiger charge is 2.33. The summed E-state index contributed by atoms with van der Waals surface area (Å²) in [5, 5.41) is 13.3. The Bertz CT molecular complexity index is 720. The van der Waals surface area contributed by atoms with Crippen LogP contribution >= 0.6 is 0 Å². The van der Waals surface area contributed by atoms with Crippen molar-refractivity contribution in [3.63, 3.8) is 0 Å². The van der Waals surface area contributed by atoms with Gasteiger partial charge in [0.2, 0.25) is 0 Å². The van der Waals surface area contributed by atoms with Crippen LogP contribution in [0.5, 0.6) is 0 Å². The molecule has 1 unspecified atom stereocenters. The van der Waals surface area contributed by atoms with E-state index in [1.807, 2.05) is 0 Å². The van der Waals surface area contributed by atoms with E-state index in [1.54, 1.807) is 0 Å². The molecule has 3 heterocycles. The normalized spacial score (nSPS) is 18.4. The van der Waals surface area contributed by atoms with Crippen molar-refractivity contribution in [2.24, 2.45) is 0 Å². The van der Waals surface area contributed by atoms with E-state index in [2.05, 4.69) is 15.6 Å². The number of aromatic carboxylic acids is 1. The van der Waals surface area contributed by atoms with Gasteiger partial charge in [0.1, 0.15) is 17.0 Å². The Kier molecular flexibility index (Phi) is 2.24. The number of hydrogen-bond acceptors (Lipinski definition) is 5. The summed E-state index contributed by atoms with van der Waals surface area (Å²) < 4.78 is 5.37. The summed E-state index contributed by atoms with van der Waals surface area (Å²) in [4.78, 5) is 37.1. The van der Waals surface area contributed by atoms with E-state index in [9.17, 15) is 14.4 Å². The summed E-state index contributed by atoms with van der Waals surface area (Å²) in [5.41, 5.74) is 0.526. The summed E-state index contributed by atoms with van der Waals surface area (Å²) in [6.07, 6.45) is 0. The summed E-state index contributed by atoms with van der Waals surface area (Å²) in [6.45, 7) is 0. The fourth-order valence-electron chi connectivity index (χ4n) is 1.82. The van der Waals surface area contributed by atoms with Crippen LogP contribution in [0.1, 0.15) is 22.3 Å². The van der Waals surface area contributed by atoms with Gasteiger partial charge in [-0.05, 0) is 12.1 Å². The first-order chi connectivity index (χ1) is 9.04. The predicted molar refractivity (Wildman–Crippen MR) is 60.4 cm³/mol. The molecule has 3 rings (SSSR count). The van der Waals surface area contributed by atoms with Gasteiger partial charge in [-0.2, -0.15) is 0 Å². The number of fused-ring (bicyclic) bond motifs is 1. The topological polar surface area (TPSA) is 122 Å². The number of amides is 3. The number of carboxylic acids is 1. The summed E-state index contributed by atoms with van der Waals surface area (Å²) in [7, 11) is 0. The molecule has 3 N–H and O–H groups in total. The van der Waals surface area contributed by atoms with E-state index in [0.717, 1.165) is 0 Å². The Morgan fingerprint density at radius 2 is 2.16 bits per heavy atom. The number of aromatic nitrogens is 1. The molecule has 0 aliphatic carbocycles. The maximum absolute atomic E-state index is 11.5. The lowest BCUT2D eigenvalue weighted by molar-refractivity contribution is -0.120. The van der Waals surface area contributed by atoms with E-state index in [1.165, 1.54) is 18.2 Å².